The molecule has 1 aliphatic heterocycles. The van der Waals surface area contributed by atoms with Crippen LogP contribution < -0.4 is 4.90 Å². The molecule has 3 aromatic rings. The molecule has 2 heterocycles. The quantitative estimate of drug-likeness (QED) is 0.429. The first-order valence-corrected chi connectivity index (χ1v) is 11.2. The van der Waals surface area contributed by atoms with Crippen LogP contribution in [0.15, 0.2) is 76.4 Å². The number of halogens is 3. The van der Waals surface area contributed by atoms with Crippen LogP contribution in [0.5, 0.6) is 0 Å². The second kappa shape index (κ2) is 9.89. The van der Waals surface area contributed by atoms with Gasteiger partial charge in [0.05, 0.1) is 35.5 Å². The molecule has 1 N–H and O–H groups in total. The van der Waals surface area contributed by atoms with Crippen LogP contribution >= 0.6 is 0 Å². The number of nitrogens with zero attached hydrogens (tertiary/aromatic N) is 3. The van der Waals surface area contributed by atoms with E-state index in [4.69, 9.17) is 4.42 Å². The summed E-state index contributed by atoms with van der Waals surface area (Å²) in [6.07, 6.45) is -4.66. The Balaban J connectivity index is 1.91. The summed E-state index contributed by atoms with van der Waals surface area (Å²) >= 11 is 0. The van der Waals surface area contributed by atoms with E-state index in [2.05, 4.69) is 0 Å². The van der Waals surface area contributed by atoms with Crippen molar-refractivity contribution in [3.05, 3.63) is 100 Å². The number of carbonyl (C=O) groups excluding carboxylic acids is 2. The van der Waals surface area contributed by atoms with Gasteiger partial charge in [0, 0.05) is 11.3 Å². The van der Waals surface area contributed by atoms with Gasteiger partial charge in [-0.3, -0.25) is 9.69 Å². The van der Waals surface area contributed by atoms with E-state index >= 15 is 0 Å². The molecule has 0 aliphatic carbocycles. The second-order valence-corrected chi connectivity index (χ2v) is 8.56. The van der Waals surface area contributed by atoms with Crippen LogP contribution in [0.25, 0.3) is 0 Å². The number of nitriles is 1. The van der Waals surface area contributed by atoms with E-state index in [0.717, 1.165) is 23.1 Å². The number of carbonyl (C=O) groups is 3. The van der Waals surface area contributed by atoms with Gasteiger partial charge in [-0.05, 0) is 61.9 Å². The number of ketones is 1. The van der Waals surface area contributed by atoms with Crippen LogP contribution in [-0.4, -0.2) is 27.8 Å². The fourth-order valence-corrected chi connectivity index (χ4v) is 4.42. The molecular weight excluding hydrogens is 503 g/mol. The lowest BCUT2D eigenvalue weighted by Crippen LogP contribution is -2.50. The number of carboxylic acid groups (broad SMARTS) is 1. The van der Waals surface area contributed by atoms with Gasteiger partial charge in [0.1, 0.15) is 5.76 Å². The minimum atomic E-state index is -4.66. The number of amides is 2. The summed E-state index contributed by atoms with van der Waals surface area (Å²) in [5, 5.41) is 18.4. The molecule has 2 amide bonds. The zero-order valence-electron chi connectivity index (χ0n) is 20.1. The summed E-state index contributed by atoms with van der Waals surface area (Å²) in [5.74, 6) is -2.04. The summed E-state index contributed by atoms with van der Waals surface area (Å²) in [7, 11) is 0. The first-order chi connectivity index (χ1) is 17.9. The third-order valence-corrected chi connectivity index (χ3v) is 6.11. The largest absolute Gasteiger partial charge is 0.475 e. The van der Waals surface area contributed by atoms with Gasteiger partial charge < -0.3 is 14.4 Å². The lowest BCUT2D eigenvalue weighted by molar-refractivity contribution is -0.137. The normalized spacial score (nSPS) is 16.0. The molecule has 11 heteroatoms. The molecule has 194 valence electrons. The van der Waals surface area contributed by atoms with Crippen molar-refractivity contribution < 1.29 is 37.1 Å². The number of aromatic carboxylic acids is 1. The summed E-state index contributed by atoms with van der Waals surface area (Å²) in [6, 6.07) is 13.2. The molecular formula is C27H20F3N3O5. The number of furan rings is 1. The highest BCUT2D eigenvalue weighted by molar-refractivity contribution is 6.04. The lowest BCUT2D eigenvalue weighted by atomic mass is 9.90. The number of alkyl halides is 3. The number of hydrogen-bond acceptors (Lipinski definition) is 5. The first-order valence-electron chi connectivity index (χ1n) is 11.2. The van der Waals surface area contributed by atoms with E-state index in [1.807, 2.05) is 6.07 Å². The molecule has 0 spiro atoms. The van der Waals surface area contributed by atoms with Crippen LogP contribution in [-0.2, 0) is 17.5 Å². The third-order valence-electron chi connectivity index (χ3n) is 6.11. The standard InChI is InChI=1S/C27H20F3N3O5/c1-15-23(16(2)34)24(18-8-6-17(13-31)7-9-18)32(14-21-10-11-22(38-21)25(35)36)26(37)33(15)20-5-3-4-19(12-20)27(28,29)30/h3-12,24H,14H2,1-2H3,(H,35,36). The van der Waals surface area contributed by atoms with Gasteiger partial charge in [-0.15, -0.1) is 0 Å². The molecule has 0 radical (unpaired) electrons. The number of anilines is 1. The van der Waals surface area contributed by atoms with E-state index in [-0.39, 0.29) is 35.0 Å². The monoisotopic (exact) mass is 523 g/mol. The smallest absolute Gasteiger partial charge is 0.416 e. The molecule has 0 bridgehead atoms. The molecule has 1 aromatic heterocycles. The zero-order chi connectivity index (χ0) is 27.8. The van der Waals surface area contributed by atoms with Crippen LogP contribution in [0.2, 0.25) is 0 Å². The van der Waals surface area contributed by atoms with Crippen molar-refractivity contribution in [3.63, 3.8) is 0 Å². The summed E-state index contributed by atoms with van der Waals surface area (Å²) in [5.41, 5.74) is 0.00795. The maximum atomic E-state index is 13.9. The van der Waals surface area contributed by atoms with Crippen molar-refractivity contribution in [1.82, 2.24) is 4.90 Å². The Morgan fingerprint density at radius 3 is 2.34 bits per heavy atom. The predicted molar refractivity (Wildman–Crippen MR) is 128 cm³/mol. The minimum Gasteiger partial charge on any atom is -0.475 e. The number of allylic oxidation sites excluding steroid dienone is 1. The number of Topliss-reactive ketones (excluding diaryl/α,β-unsaturated/α-hetero) is 1. The summed E-state index contributed by atoms with van der Waals surface area (Å²) < 4.78 is 45.7. The fourth-order valence-electron chi connectivity index (χ4n) is 4.42. The molecule has 4 rings (SSSR count). The SMILES string of the molecule is CC(=O)C1=C(C)N(c2cccc(C(F)(F)F)c2)C(=O)N(Cc2ccc(C(=O)O)o2)C1c1ccc(C#N)cc1. The first kappa shape index (κ1) is 26.2. The fraction of sp³-hybridized carbons (Fsp3) is 0.185. The van der Waals surface area contributed by atoms with Gasteiger partial charge in [-0.1, -0.05) is 18.2 Å². The average molecular weight is 523 g/mol. The highest BCUT2D eigenvalue weighted by atomic mass is 19.4. The Morgan fingerprint density at radius 2 is 1.79 bits per heavy atom. The van der Waals surface area contributed by atoms with E-state index < -0.39 is 35.6 Å². The Kier molecular flexibility index (Phi) is 6.83. The van der Waals surface area contributed by atoms with Crippen molar-refractivity contribution in [2.75, 3.05) is 4.90 Å². The van der Waals surface area contributed by atoms with E-state index in [1.54, 1.807) is 12.1 Å². The molecule has 0 fully saturated rings. The van der Waals surface area contributed by atoms with Crippen LogP contribution in [0.1, 0.15) is 52.9 Å². The number of hydrogen-bond donors (Lipinski definition) is 1. The van der Waals surface area contributed by atoms with Crippen molar-refractivity contribution in [2.45, 2.75) is 32.6 Å². The Bertz CT molecular complexity index is 1500. The van der Waals surface area contributed by atoms with Gasteiger partial charge in [0.2, 0.25) is 5.76 Å². The highest BCUT2D eigenvalue weighted by Crippen LogP contribution is 2.42. The summed E-state index contributed by atoms with van der Waals surface area (Å²) in [4.78, 5) is 40.4. The average Bonchev–Trinajstić information content (AvgIpc) is 3.34. The topological polar surface area (TPSA) is 115 Å². The maximum absolute atomic E-state index is 13.9. The molecule has 2 aromatic carbocycles. The highest BCUT2D eigenvalue weighted by Gasteiger charge is 2.42. The van der Waals surface area contributed by atoms with Crippen LogP contribution in [0.4, 0.5) is 23.7 Å². The number of benzene rings is 2. The minimum absolute atomic E-state index is 0.0841. The molecule has 1 atom stereocenters. The number of rotatable bonds is 6. The third kappa shape index (κ3) is 4.88. The maximum Gasteiger partial charge on any atom is 0.416 e. The second-order valence-electron chi connectivity index (χ2n) is 8.56. The van der Waals surface area contributed by atoms with Gasteiger partial charge in [-0.25, -0.2) is 9.59 Å². The van der Waals surface area contributed by atoms with Crippen molar-refractivity contribution in [2.24, 2.45) is 0 Å². The molecule has 1 unspecified atom stereocenters. The molecule has 0 saturated heterocycles. The number of urea groups is 1. The van der Waals surface area contributed by atoms with Crippen molar-refractivity contribution in [1.29, 1.82) is 5.26 Å². The van der Waals surface area contributed by atoms with Gasteiger partial charge in [-0.2, -0.15) is 18.4 Å². The Hall–Kier alpha value is -4.85. The van der Waals surface area contributed by atoms with Gasteiger partial charge in [0.25, 0.3) is 0 Å². The van der Waals surface area contributed by atoms with E-state index in [1.165, 1.54) is 49.1 Å². The van der Waals surface area contributed by atoms with Gasteiger partial charge in [0.15, 0.2) is 5.78 Å². The van der Waals surface area contributed by atoms with E-state index in [0.29, 0.717) is 11.1 Å². The lowest BCUT2D eigenvalue weighted by Gasteiger charge is -2.43. The van der Waals surface area contributed by atoms with E-state index in [9.17, 15) is 37.9 Å². The van der Waals surface area contributed by atoms with Crippen LogP contribution in [0, 0.1) is 11.3 Å². The predicted octanol–water partition coefficient (Wildman–Crippen LogP) is 5.91. The van der Waals surface area contributed by atoms with Crippen molar-refractivity contribution in [3.8, 4) is 6.07 Å². The molecule has 8 nitrogen and oxygen atoms in total. The molecule has 1 aliphatic rings. The van der Waals surface area contributed by atoms with Crippen LogP contribution in [0.3, 0.4) is 0 Å². The Morgan fingerprint density at radius 1 is 1.11 bits per heavy atom. The molecule has 0 saturated carbocycles. The number of carboxylic acids is 1. The Labute approximate surface area is 214 Å². The van der Waals surface area contributed by atoms with Gasteiger partial charge >= 0.3 is 18.2 Å². The molecule has 38 heavy (non-hydrogen) atoms. The zero-order valence-corrected chi connectivity index (χ0v) is 20.1. The summed E-state index contributed by atoms with van der Waals surface area (Å²) in [6.45, 7) is 2.46. The van der Waals surface area contributed by atoms with Crippen molar-refractivity contribution >= 4 is 23.5 Å².